The van der Waals surface area contributed by atoms with Crippen LogP contribution in [0.4, 0.5) is 11.6 Å². The Hall–Kier alpha value is -2.44. The van der Waals surface area contributed by atoms with Crippen molar-refractivity contribution in [2.75, 3.05) is 5.32 Å². The van der Waals surface area contributed by atoms with Crippen LogP contribution < -0.4 is 11.1 Å². The summed E-state index contributed by atoms with van der Waals surface area (Å²) in [6, 6.07) is 3.28. The summed E-state index contributed by atoms with van der Waals surface area (Å²) in [4.78, 5) is 18.6. The molecule has 0 saturated heterocycles. The van der Waals surface area contributed by atoms with E-state index in [4.69, 9.17) is 5.73 Å². The van der Waals surface area contributed by atoms with Gasteiger partial charge in [-0.2, -0.15) is 5.10 Å². The molecule has 82 valence electrons. The van der Waals surface area contributed by atoms with Gasteiger partial charge in [-0.05, 0) is 6.92 Å². The third-order valence-electron chi connectivity index (χ3n) is 1.88. The summed E-state index contributed by atoms with van der Waals surface area (Å²) in [6.45, 7) is 1.88. The molecule has 2 aromatic heterocycles. The van der Waals surface area contributed by atoms with Crippen molar-refractivity contribution in [3.63, 3.8) is 0 Å². The molecule has 0 aliphatic carbocycles. The largest absolute Gasteiger partial charge is 0.364 e. The monoisotopic (exact) mass is 218 g/mol. The molecule has 0 fully saturated rings. The quantitative estimate of drug-likeness (QED) is 0.688. The number of nitrogens with zero attached hydrogens (tertiary/aromatic N) is 3. The van der Waals surface area contributed by atoms with E-state index >= 15 is 0 Å². The highest BCUT2D eigenvalue weighted by Gasteiger charge is 2.05. The molecule has 0 saturated carbocycles. The van der Waals surface area contributed by atoms with E-state index in [1.54, 1.807) is 0 Å². The third kappa shape index (κ3) is 2.14. The van der Waals surface area contributed by atoms with Crippen LogP contribution in [-0.4, -0.2) is 26.1 Å². The Morgan fingerprint density at radius 3 is 2.81 bits per heavy atom. The molecule has 0 spiro atoms. The van der Waals surface area contributed by atoms with Gasteiger partial charge >= 0.3 is 0 Å². The Kier molecular flexibility index (Phi) is 2.50. The number of carbonyl (C=O) groups is 1. The molecular weight excluding hydrogens is 208 g/mol. The second kappa shape index (κ2) is 3.97. The fraction of sp³-hybridized carbons (Fsp3) is 0.111. The first kappa shape index (κ1) is 10.1. The predicted octanol–water partition coefficient (Wildman–Crippen LogP) is 0.351. The normalized spacial score (nSPS) is 10.1. The SMILES string of the molecule is Cc1cc(Nc2cc(C(N)=O)ncn2)n[nH]1. The first-order valence-electron chi connectivity index (χ1n) is 4.56. The van der Waals surface area contributed by atoms with Crippen molar-refractivity contribution in [2.45, 2.75) is 6.92 Å². The molecule has 7 nitrogen and oxygen atoms in total. The molecule has 2 rings (SSSR count). The summed E-state index contributed by atoms with van der Waals surface area (Å²) >= 11 is 0. The minimum atomic E-state index is -0.594. The molecule has 2 heterocycles. The first-order chi connectivity index (χ1) is 7.65. The number of carbonyl (C=O) groups excluding carboxylic acids is 1. The summed E-state index contributed by atoms with van der Waals surface area (Å²) < 4.78 is 0. The van der Waals surface area contributed by atoms with E-state index < -0.39 is 5.91 Å². The van der Waals surface area contributed by atoms with Gasteiger partial charge in [0.05, 0.1) is 0 Å². The smallest absolute Gasteiger partial charge is 0.267 e. The number of amides is 1. The van der Waals surface area contributed by atoms with Gasteiger partial charge in [-0.25, -0.2) is 9.97 Å². The minimum absolute atomic E-state index is 0.157. The van der Waals surface area contributed by atoms with Crippen molar-refractivity contribution in [3.05, 3.63) is 29.8 Å². The number of aromatic nitrogens is 4. The molecule has 2 aromatic rings. The zero-order valence-electron chi connectivity index (χ0n) is 8.56. The lowest BCUT2D eigenvalue weighted by Crippen LogP contribution is -2.13. The van der Waals surface area contributed by atoms with Crippen LogP contribution in [0.1, 0.15) is 16.2 Å². The van der Waals surface area contributed by atoms with Crippen LogP contribution in [0.25, 0.3) is 0 Å². The highest BCUT2D eigenvalue weighted by molar-refractivity contribution is 5.91. The maximum absolute atomic E-state index is 10.9. The van der Waals surface area contributed by atoms with Crippen molar-refractivity contribution in [1.29, 1.82) is 0 Å². The molecule has 0 atom stereocenters. The van der Waals surface area contributed by atoms with Crippen LogP contribution in [0, 0.1) is 6.92 Å². The lowest BCUT2D eigenvalue weighted by molar-refractivity contribution is 0.0995. The average molecular weight is 218 g/mol. The van der Waals surface area contributed by atoms with Gasteiger partial charge in [-0.3, -0.25) is 9.89 Å². The second-order valence-corrected chi connectivity index (χ2v) is 3.21. The van der Waals surface area contributed by atoms with E-state index in [0.717, 1.165) is 5.69 Å². The molecule has 0 aliphatic heterocycles. The molecule has 0 unspecified atom stereocenters. The lowest BCUT2D eigenvalue weighted by Gasteiger charge is -2.01. The number of nitrogens with one attached hydrogen (secondary N) is 2. The third-order valence-corrected chi connectivity index (χ3v) is 1.88. The van der Waals surface area contributed by atoms with Gasteiger partial charge in [0.2, 0.25) is 0 Å². The molecule has 1 amide bonds. The van der Waals surface area contributed by atoms with E-state index in [-0.39, 0.29) is 5.69 Å². The zero-order chi connectivity index (χ0) is 11.5. The highest BCUT2D eigenvalue weighted by atomic mass is 16.1. The maximum atomic E-state index is 10.9. The number of anilines is 2. The molecule has 0 bridgehead atoms. The number of rotatable bonds is 3. The van der Waals surface area contributed by atoms with Gasteiger partial charge in [-0.15, -0.1) is 0 Å². The number of aromatic amines is 1. The fourth-order valence-electron chi connectivity index (χ4n) is 1.17. The Morgan fingerprint density at radius 2 is 2.19 bits per heavy atom. The van der Waals surface area contributed by atoms with Crippen molar-refractivity contribution in [2.24, 2.45) is 5.73 Å². The van der Waals surface area contributed by atoms with Crippen LogP contribution in [0.15, 0.2) is 18.5 Å². The Labute approximate surface area is 91.1 Å². The zero-order valence-corrected chi connectivity index (χ0v) is 8.56. The number of nitrogens with two attached hydrogens (primary N) is 1. The maximum Gasteiger partial charge on any atom is 0.267 e. The van der Waals surface area contributed by atoms with E-state index in [1.165, 1.54) is 12.4 Å². The van der Waals surface area contributed by atoms with Crippen LogP contribution in [0.2, 0.25) is 0 Å². The van der Waals surface area contributed by atoms with Gasteiger partial charge in [0, 0.05) is 17.8 Å². The molecule has 0 aromatic carbocycles. The topological polar surface area (TPSA) is 110 Å². The summed E-state index contributed by atoms with van der Waals surface area (Å²) in [7, 11) is 0. The van der Waals surface area contributed by atoms with Gasteiger partial charge < -0.3 is 11.1 Å². The minimum Gasteiger partial charge on any atom is -0.364 e. The van der Waals surface area contributed by atoms with Gasteiger partial charge in [-0.1, -0.05) is 0 Å². The van der Waals surface area contributed by atoms with Gasteiger partial charge in [0.25, 0.3) is 5.91 Å². The predicted molar refractivity (Wildman–Crippen MR) is 57.2 cm³/mol. The summed E-state index contributed by atoms with van der Waals surface area (Å²) in [6.07, 6.45) is 1.27. The number of primary amides is 1. The van der Waals surface area contributed by atoms with Crippen LogP contribution in [0.5, 0.6) is 0 Å². The van der Waals surface area contributed by atoms with E-state index in [9.17, 15) is 4.79 Å². The molecule has 0 aliphatic rings. The lowest BCUT2D eigenvalue weighted by atomic mass is 10.3. The van der Waals surface area contributed by atoms with Crippen LogP contribution in [0.3, 0.4) is 0 Å². The highest BCUT2D eigenvalue weighted by Crippen LogP contribution is 2.12. The summed E-state index contributed by atoms with van der Waals surface area (Å²) in [5.41, 5.74) is 6.18. The van der Waals surface area contributed by atoms with Gasteiger partial charge in [0.15, 0.2) is 5.82 Å². The average Bonchev–Trinajstić information content (AvgIpc) is 2.64. The van der Waals surface area contributed by atoms with Crippen molar-refractivity contribution < 1.29 is 4.79 Å². The van der Waals surface area contributed by atoms with Crippen LogP contribution in [-0.2, 0) is 0 Å². The molecule has 7 heteroatoms. The van der Waals surface area contributed by atoms with E-state index in [2.05, 4.69) is 25.5 Å². The van der Waals surface area contributed by atoms with Crippen molar-refractivity contribution >= 4 is 17.5 Å². The summed E-state index contributed by atoms with van der Waals surface area (Å²) in [5.74, 6) is 0.491. The number of hydrogen-bond acceptors (Lipinski definition) is 5. The van der Waals surface area contributed by atoms with Crippen molar-refractivity contribution in [3.8, 4) is 0 Å². The molecule has 0 radical (unpaired) electrons. The summed E-state index contributed by atoms with van der Waals surface area (Å²) in [5, 5.41) is 9.67. The van der Waals surface area contributed by atoms with E-state index in [1.807, 2.05) is 13.0 Å². The second-order valence-electron chi connectivity index (χ2n) is 3.21. The van der Waals surface area contributed by atoms with Crippen LogP contribution >= 0.6 is 0 Å². The van der Waals surface area contributed by atoms with Crippen molar-refractivity contribution in [1.82, 2.24) is 20.2 Å². The standard InChI is InChI=1S/C9H10N6O/c1-5-2-8(15-14-5)13-7-3-6(9(10)16)11-4-12-7/h2-4H,1H3,(H2,10,16)(H2,11,12,13,14,15). The number of hydrogen-bond donors (Lipinski definition) is 3. The number of aryl methyl sites for hydroxylation is 1. The Morgan fingerprint density at radius 1 is 1.38 bits per heavy atom. The number of H-pyrrole nitrogens is 1. The van der Waals surface area contributed by atoms with Gasteiger partial charge in [0.1, 0.15) is 17.8 Å². The molecular formula is C9H10N6O. The molecule has 16 heavy (non-hydrogen) atoms. The fourth-order valence-corrected chi connectivity index (χ4v) is 1.17. The Balaban J connectivity index is 2.21. The molecule has 4 N–H and O–H groups in total. The first-order valence-corrected chi connectivity index (χ1v) is 4.56. The van der Waals surface area contributed by atoms with E-state index in [0.29, 0.717) is 11.6 Å². The Bertz CT molecular complexity index is 520.